The number of rotatable bonds is 12. The number of nitrogens with one attached hydrogen (secondary N) is 1. The van der Waals surface area contributed by atoms with Crippen molar-refractivity contribution in [2.24, 2.45) is 0 Å². The third-order valence-electron chi connectivity index (χ3n) is 6.80. The maximum absolute atomic E-state index is 12.9. The molecule has 0 saturated heterocycles. The van der Waals surface area contributed by atoms with Crippen LogP contribution >= 0.6 is 7.37 Å². The van der Waals surface area contributed by atoms with Gasteiger partial charge in [0, 0.05) is 17.7 Å². The van der Waals surface area contributed by atoms with Crippen LogP contribution in [0.3, 0.4) is 0 Å². The van der Waals surface area contributed by atoms with E-state index in [4.69, 9.17) is 9.47 Å². The summed E-state index contributed by atoms with van der Waals surface area (Å²) in [5.74, 6) is 1.45. The molecule has 2 aromatic carbocycles. The van der Waals surface area contributed by atoms with Gasteiger partial charge in [0.1, 0.15) is 30.0 Å². The monoisotopic (exact) mass is 519 g/mol. The molecular formula is C28H42NO6P. The summed E-state index contributed by atoms with van der Waals surface area (Å²) in [6.07, 6.45) is 4.74. The molecule has 0 aliphatic heterocycles. The Hall–Kier alpha value is -2.05. The Labute approximate surface area is 215 Å². The van der Waals surface area contributed by atoms with Gasteiger partial charge in [-0.2, -0.15) is 0 Å². The minimum absolute atomic E-state index is 0.129. The summed E-state index contributed by atoms with van der Waals surface area (Å²) < 4.78 is 24.4. The fraction of sp³-hybridized carbons (Fsp3) is 0.571. The highest BCUT2D eigenvalue weighted by Crippen LogP contribution is 2.52. The topological polar surface area (TPSA) is 108 Å². The van der Waals surface area contributed by atoms with Gasteiger partial charge in [0.2, 0.25) is 7.37 Å². The van der Waals surface area contributed by atoms with Gasteiger partial charge in [-0.3, -0.25) is 4.57 Å². The molecule has 1 aliphatic carbocycles. The van der Waals surface area contributed by atoms with E-state index in [9.17, 15) is 19.7 Å². The lowest BCUT2D eigenvalue weighted by Crippen LogP contribution is -2.46. The summed E-state index contributed by atoms with van der Waals surface area (Å²) in [6, 6.07) is 10.5. The van der Waals surface area contributed by atoms with E-state index in [0.29, 0.717) is 18.0 Å². The highest BCUT2D eigenvalue weighted by atomic mass is 31.2. The van der Waals surface area contributed by atoms with Gasteiger partial charge in [0.25, 0.3) is 0 Å². The summed E-state index contributed by atoms with van der Waals surface area (Å²) in [4.78, 5) is 10.6. The van der Waals surface area contributed by atoms with Crippen LogP contribution in [0, 0.1) is 13.8 Å². The number of hydrogen-bond acceptors (Lipinski definition) is 6. The van der Waals surface area contributed by atoms with E-state index in [0.717, 1.165) is 55.2 Å². The van der Waals surface area contributed by atoms with Crippen LogP contribution in [0.25, 0.3) is 0 Å². The number of phenolic OH excluding ortho intramolecular Hbond substituents is 1. The van der Waals surface area contributed by atoms with Crippen molar-refractivity contribution < 1.29 is 29.1 Å². The maximum atomic E-state index is 12.9. The zero-order chi connectivity index (χ0) is 26.3. The number of aryl methyl sites for hydroxylation is 2. The lowest BCUT2D eigenvalue weighted by molar-refractivity contribution is 0.0988. The zero-order valence-electron chi connectivity index (χ0n) is 22.0. The molecule has 1 fully saturated rings. The Morgan fingerprint density at radius 3 is 2.28 bits per heavy atom. The molecule has 0 bridgehead atoms. The average Bonchev–Trinajstić information content (AvgIpc) is 2.82. The van der Waals surface area contributed by atoms with Crippen molar-refractivity contribution in [3.8, 4) is 17.2 Å². The molecule has 200 valence electrons. The van der Waals surface area contributed by atoms with Crippen LogP contribution in [0.15, 0.2) is 36.4 Å². The van der Waals surface area contributed by atoms with Crippen LogP contribution < -0.4 is 14.8 Å². The molecule has 7 nitrogen and oxygen atoms in total. The first kappa shape index (κ1) is 28.5. The van der Waals surface area contributed by atoms with Gasteiger partial charge in [-0.1, -0.05) is 31.4 Å². The second kappa shape index (κ2) is 12.5. The molecule has 1 aliphatic rings. The molecule has 0 heterocycles. The van der Waals surface area contributed by atoms with Crippen molar-refractivity contribution >= 4 is 7.37 Å². The highest BCUT2D eigenvalue weighted by Gasteiger charge is 2.33. The molecule has 0 aromatic heterocycles. The van der Waals surface area contributed by atoms with E-state index >= 15 is 0 Å². The first-order valence-electron chi connectivity index (χ1n) is 12.8. The Bertz CT molecular complexity index is 1010. The molecule has 1 unspecified atom stereocenters. The van der Waals surface area contributed by atoms with E-state index in [-0.39, 0.29) is 29.9 Å². The number of benzene rings is 2. The number of hydrogen-bond donors (Lipinski definition) is 4. The van der Waals surface area contributed by atoms with E-state index in [1.54, 1.807) is 24.3 Å². The summed E-state index contributed by atoms with van der Waals surface area (Å²) in [5.41, 5.74) is 2.62. The molecule has 0 radical (unpaired) electrons. The van der Waals surface area contributed by atoms with Gasteiger partial charge in [-0.25, -0.2) is 0 Å². The minimum Gasteiger partial charge on any atom is -0.508 e. The van der Waals surface area contributed by atoms with Crippen LogP contribution in [0.4, 0.5) is 0 Å². The van der Waals surface area contributed by atoms with Crippen molar-refractivity contribution in [3.63, 3.8) is 0 Å². The number of aliphatic hydroxyl groups is 1. The third-order valence-corrected chi connectivity index (χ3v) is 8.96. The molecule has 0 spiro atoms. The Morgan fingerprint density at radius 1 is 1.06 bits per heavy atom. The van der Waals surface area contributed by atoms with Crippen molar-refractivity contribution in [2.75, 3.05) is 19.5 Å². The first-order valence-corrected chi connectivity index (χ1v) is 14.8. The summed E-state index contributed by atoms with van der Waals surface area (Å²) in [5, 5.41) is 23.1. The van der Waals surface area contributed by atoms with Gasteiger partial charge < -0.3 is 29.9 Å². The second-order valence-electron chi connectivity index (χ2n) is 10.8. The van der Waals surface area contributed by atoms with Crippen LogP contribution in [0.2, 0.25) is 0 Å². The van der Waals surface area contributed by atoms with Gasteiger partial charge >= 0.3 is 0 Å². The van der Waals surface area contributed by atoms with Gasteiger partial charge in [0.15, 0.2) is 6.35 Å². The molecule has 1 saturated carbocycles. The molecule has 3 rings (SSSR count). The number of β-amino-alcohol motifs (C(OH)–C–C–N with tert-alkyl or cyclic N) is 1. The minimum atomic E-state index is -3.34. The Kier molecular flexibility index (Phi) is 9.87. The highest BCUT2D eigenvalue weighted by molar-refractivity contribution is 7.58. The normalized spacial score (nSPS) is 17.4. The number of ether oxygens (including phenoxy) is 2. The van der Waals surface area contributed by atoms with Crippen LogP contribution in [-0.2, 0) is 11.0 Å². The predicted molar refractivity (Wildman–Crippen MR) is 144 cm³/mol. The van der Waals surface area contributed by atoms with Crippen LogP contribution in [0.5, 0.6) is 17.2 Å². The lowest BCUT2D eigenvalue weighted by Gasteiger charge is -2.29. The standard InChI is InChI=1S/C28H42NO6P/c1-20-14-22(15-21(2)27(20)35-19-36(32,33)26-8-6-5-7-9-26)16-28(3,4)29-17-24(31)18-34-25-12-10-23(30)11-13-25/h10-15,24,26,29-31H,5-9,16-19H2,1-4H3,(H,32,33)/t24-/m0/s1. The molecule has 36 heavy (non-hydrogen) atoms. The molecule has 2 atom stereocenters. The smallest absolute Gasteiger partial charge is 0.239 e. The molecule has 0 amide bonds. The van der Waals surface area contributed by atoms with E-state index in [2.05, 4.69) is 31.3 Å². The molecular weight excluding hydrogens is 477 g/mol. The van der Waals surface area contributed by atoms with Crippen molar-refractivity contribution in [2.45, 2.75) is 83.5 Å². The van der Waals surface area contributed by atoms with Crippen LogP contribution in [-0.4, -0.2) is 51.9 Å². The van der Waals surface area contributed by atoms with E-state index < -0.39 is 13.5 Å². The van der Waals surface area contributed by atoms with Crippen molar-refractivity contribution in [3.05, 3.63) is 53.1 Å². The maximum Gasteiger partial charge on any atom is 0.239 e. The van der Waals surface area contributed by atoms with E-state index in [1.807, 2.05) is 13.8 Å². The SMILES string of the molecule is Cc1cc(CC(C)(C)NC[C@H](O)COc2ccc(O)cc2)cc(C)c1OCP(=O)(O)C1CCCCC1. The van der Waals surface area contributed by atoms with E-state index in [1.165, 1.54) is 0 Å². The van der Waals surface area contributed by atoms with Gasteiger partial charge in [-0.15, -0.1) is 0 Å². The van der Waals surface area contributed by atoms with Gasteiger partial charge in [-0.05, 0) is 87.9 Å². The zero-order valence-corrected chi connectivity index (χ0v) is 22.9. The van der Waals surface area contributed by atoms with Crippen molar-refractivity contribution in [1.29, 1.82) is 0 Å². The molecule has 4 N–H and O–H groups in total. The van der Waals surface area contributed by atoms with Crippen LogP contribution in [0.1, 0.15) is 62.6 Å². The quantitative estimate of drug-likeness (QED) is 0.282. The number of aromatic hydroxyl groups is 1. The molecule has 8 heteroatoms. The second-order valence-corrected chi connectivity index (χ2v) is 13.3. The largest absolute Gasteiger partial charge is 0.508 e. The first-order chi connectivity index (χ1) is 16.9. The number of aliphatic hydroxyl groups excluding tert-OH is 1. The third kappa shape index (κ3) is 8.52. The van der Waals surface area contributed by atoms with Crippen molar-refractivity contribution in [1.82, 2.24) is 5.32 Å². The Balaban J connectivity index is 1.51. The summed E-state index contributed by atoms with van der Waals surface area (Å²) in [7, 11) is -3.34. The van der Waals surface area contributed by atoms with Gasteiger partial charge in [0.05, 0.1) is 0 Å². The molecule has 2 aromatic rings. The number of phenols is 1. The summed E-state index contributed by atoms with van der Waals surface area (Å²) >= 11 is 0. The average molecular weight is 520 g/mol. The summed E-state index contributed by atoms with van der Waals surface area (Å²) in [6.45, 7) is 8.63. The fourth-order valence-electron chi connectivity index (χ4n) is 4.88. The predicted octanol–water partition coefficient (Wildman–Crippen LogP) is 5.30. The fourth-order valence-corrected chi connectivity index (χ4v) is 6.57. The lowest BCUT2D eigenvalue weighted by atomic mass is 9.92. The Morgan fingerprint density at radius 2 is 1.67 bits per heavy atom.